The molecule has 17 heavy (non-hydrogen) atoms. The van der Waals surface area contributed by atoms with E-state index in [1.54, 1.807) is 27.9 Å². The number of nitrogens with one attached hydrogen (secondary N) is 1. The van der Waals surface area contributed by atoms with Crippen molar-refractivity contribution in [3.8, 4) is 0 Å². The minimum atomic E-state index is -1.12. The lowest BCUT2D eigenvalue weighted by Gasteiger charge is -2.34. The molecule has 0 aromatic heterocycles. The molecule has 2 N–H and O–H groups in total. The standard InChI is InChI=1S/C10H19N3O4/c1-7(2)9(13(6-14)12(3)4)10(17)11-5-8(15)16/h6-7,9H,5H2,1-4H3,(H,11,17)(H,15,16). The van der Waals surface area contributed by atoms with Crippen LogP contribution in [0.2, 0.25) is 0 Å². The monoisotopic (exact) mass is 245 g/mol. The van der Waals surface area contributed by atoms with E-state index in [0.717, 1.165) is 0 Å². The number of aliphatic carboxylic acids is 1. The molecule has 0 fully saturated rings. The van der Waals surface area contributed by atoms with Gasteiger partial charge < -0.3 is 10.4 Å². The predicted octanol–water partition coefficient (Wildman–Crippen LogP) is -0.853. The number of hydrogen-bond donors (Lipinski definition) is 2. The fraction of sp³-hybridized carbons (Fsp3) is 0.700. The van der Waals surface area contributed by atoms with Gasteiger partial charge in [0.1, 0.15) is 12.6 Å². The molecule has 98 valence electrons. The highest BCUT2D eigenvalue weighted by atomic mass is 16.4. The molecule has 0 spiro atoms. The van der Waals surface area contributed by atoms with Crippen LogP contribution in [0.4, 0.5) is 0 Å². The van der Waals surface area contributed by atoms with Gasteiger partial charge in [-0.1, -0.05) is 13.8 Å². The van der Waals surface area contributed by atoms with Crippen molar-refractivity contribution < 1.29 is 19.5 Å². The third kappa shape index (κ3) is 4.81. The first-order chi connectivity index (χ1) is 7.81. The second kappa shape index (κ2) is 6.85. The minimum absolute atomic E-state index is 0.128. The molecule has 0 saturated carbocycles. The maximum atomic E-state index is 11.8. The highest BCUT2D eigenvalue weighted by Gasteiger charge is 2.29. The summed E-state index contributed by atoms with van der Waals surface area (Å²) in [5.41, 5.74) is 0. The lowest BCUT2D eigenvalue weighted by atomic mass is 10.0. The number of carboxylic acid groups (broad SMARTS) is 1. The van der Waals surface area contributed by atoms with Gasteiger partial charge in [-0.15, -0.1) is 0 Å². The SMILES string of the molecule is CC(C)C(C(=O)NCC(=O)O)N(C=O)N(C)C. The fourth-order valence-corrected chi connectivity index (χ4v) is 1.40. The number of hydrogen-bond acceptors (Lipinski definition) is 4. The molecule has 0 heterocycles. The molecule has 0 aromatic carbocycles. The van der Waals surface area contributed by atoms with Gasteiger partial charge in [-0.05, 0) is 5.92 Å². The summed E-state index contributed by atoms with van der Waals surface area (Å²) in [6.07, 6.45) is 0.547. The summed E-state index contributed by atoms with van der Waals surface area (Å²) in [6.45, 7) is 3.11. The number of hydrazine groups is 1. The quantitative estimate of drug-likeness (QED) is 0.450. The Kier molecular flexibility index (Phi) is 6.19. The van der Waals surface area contributed by atoms with Crippen molar-refractivity contribution in [2.75, 3.05) is 20.6 Å². The van der Waals surface area contributed by atoms with Gasteiger partial charge in [0.2, 0.25) is 12.3 Å². The van der Waals surface area contributed by atoms with E-state index in [1.165, 1.54) is 10.0 Å². The minimum Gasteiger partial charge on any atom is -0.480 e. The van der Waals surface area contributed by atoms with Gasteiger partial charge in [0.25, 0.3) is 0 Å². The summed E-state index contributed by atoms with van der Waals surface area (Å²) >= 11 is 0. The van der Waals surface area contributed by atoms with Crippen molar-refractivity contribution in [3.63, 3.8) is 0 Å². The zero-order valence-electron chi connectivity index (χ0n) is 10.5. The molecule has 0 radical (unpaired) electrons. The molecule has 0 saturated heterocycles. The van der Waals surface area contributed by atoms with Crippen LogP contribution < -0.4 is 5.32 Å². The summed E-state index contributed by atoms with van der Waals surface area (Å²) in [5.74, 6) is -1.73. The van der Waals surface area contributed by atoms with Crippen molar-refractivity contribution in [2.24, 2.45) is 5.92 Å². The molecule has 7 nitrogen and oxygen atoms in total. The van der Waals surface area contributed by atoms with Crippen molar-refractivity contribution in [1.29, 1.82) is 0 Å². The van der Waals surface area contributed by atoms with E-state index in [0.29, 0.717) is 6.41 Å². The molecular weight excluding hydrogens is 226 g/mol. The molecule has 0 aromatic rings. The fourth-order valence-electron chi connectivity index (χ4n) is 1.40. The Balaban J connectivity index is 4.77. The van der Waals surface area contributed by atoms with E-state index in [4.69, 9.17) is 5.11 Å². The second-order valence-electron chi connectivity index (χ2n) is 4.13. The molecule has 7 heteroatoms. The van der Waals surface area contributed by atoms with E-state index in [1.807, 2.05) is 0 Å². The first-order valence-electron chi connectivity index (χ1n) is 5.21. The van der Waals surface area contributed by atoms with E-state index >= 15 is 0 Å². The van der Waals surface area contributed by atoms with Gasteiger partial charge in [0, 0.05) is 14.1 Å². The number of carbonyl (C=O) groups excluding carboxylic acids is 2. The largest absolute Gasteiger partial charge is 0.480 e. The summed E-state index contributed by atoms with van der Waals surface area (Å²) in [4.78, 5) is 33.1. The summed E-state index contributed by atoms with van der Waals surface area (Å²) in [6, 6.07) is -0.721. The van der Waals surface area contributed by atoms with E-state index in [9.17, 15) is 14.4 Å². The predicted molar refractivity (Wildman–Crippen MR) is 60.9 cm³/mol. The van der Waals surface area contributed by atoms with Crippen LogP contribution >= 0.6 is 0 Å². The third-order valence-electron chi connectivity index (χ3n) is 2.17. The Bertz CT molecular complexity index is 291. The van der Waals surface area contributed by atoms with Crippen LogP contribution in [-0.2, 0) is 14.4 Å². The number of rotatable bonds is 7. The highest BCUT2D eigenvalue weighted by molar-refractivity contribution is 5.86. The van der Waals surface area contributed by atoms with Crippen LogP contribution in [0.3, 0.4) is 0 Å². The first kappa shape index (κ1) is 15.4. The normalized spacial score (nSPS) is 12.4. The van der Waals surface area contributed by atoms with E-state index < -0.39 is 24.5 Å². The zero-order chi connectivity index (χ0) is 13.6. The second-order valence-corrected chi connectivity index (χ2v) is 4.13. The van der Waals surface area contributed by atoms with Crippen LogP contribution in [-0.4, -0.2) is 60.1 Å². The molecule has 0 aliphatic carbocycles. The summed E-state index contributed by atoms with van der Waals surface area (Å²) in [5, 5.41) is 13.5. The number of amides is 2. The average molecular weight is 245 g/mol. The Morgan fingerprint density at radius 3 is 2.18 bits per heavy atom. The average Bonchev–Trinajstić information content (AvgIpc) is 2.20. The van der Waals surface area contributed by atoms with Gasteiger partial charge in [-0.25, -0.2) is 5.01 Å². The van der Waals surface area contributed by atoms with Crippen molar-refractivity contribution in [3.05, 3.63) is 0 Å². The molecule has 0 aliphatic heterocycles. The van der Waals surface area contributed by atoms with Crippen LogP contribution in [0.15, 0.2) is 0 Å². The summed E-state index contributed by atoms with van der Waals surface area (Å²) in [7, 11) is 3.27. The van der Waals surface area contributed by atoms with Crippen LogP contribution in [0.5, 0.6) is 0 Å². The Hall–Kier alpha value is -1.63. The molecule has 0 bridgehead atoms. The van der Waals surface area contributed by atoms with E-state index in [-0.39, 0.29) is 5.92 Å². The number of nitrogens with zero attached hydrogens (tertiary/aromatic N) is 2. The molecule has 1 unspecified atom stereocenters. The van der Waals surface area contributed by atoms with Crippen molar-refractivity contribution in [2.45, 2.75) is 19.9 Å². The molecule has 2 amide bonds. The Morgan fingerprint density at radius 2 is 1.88 bits per heavy atom. The van der Waals surface area contributed by atoms with E-state index in [2.05, 4.69) is 5.32 Å². The maximum Gasteiger partial charge on any atom is 0.322 e. The lowest BCUT2D eigenvalue weighted by molar-refractivity contribution is -0.149. The number of carbonyl (C=O) groups is 3. The first-order valence-corrected chi connectivity index (χ1v) is 5.21. The molecular formula is C10H19N3O4. The Labute approximate surface area is 100 Å². The molecule has 0 aliphatic rings. The number of carboxylic acids is 1. The van der Waals surface area contributed by atoms with Gasteiger partial charge in [0.05, 0.1) is 0 Å². The maximum absolute atomic E-state index is 11.8. The van der Waals surface area contributed by atoms with Gasteiger partial charge >= 0.3 is 5.97 Å². The molecule has 0 rings (SSSR count). The third-order valence-corrected chi connectivity index (χ3v) is 2.17. The zero-order valence-corrected chi connectivity index (χ0v) is 10.5. The van der Waals surface area contributed by atoms with Gasteiger partial charge in [-0.2, -0.15) is 0 Å². The highest BCUT2D eigenvalue weighted by Crippen LogP contribution is 2.10. The van der Waals surface area contributed by atoms with Crippen LogP contribution in [0, 0.1) is 5.92 Å². The van der Waals surface area contributed by atoms with Crippen LogP contribution in [0.25, 0.3) is 0 Å². The lowest BCUT2D eigenvalue weighted by Crippen LogP contribution is -2.54. The van der Waals surface area contributed by atoms with Crippen molar-refractivity contribution >= 4 is 18.3 Å². The van der Waals surface area contributed by atoms with Gasteiger partial charge in [-0.3, -0.25) is 19.4 Å². The van der Waals surface area contributed by atoms with Crippen LogP contribution in [0.1, 0.15) is 13.8 Å². The Morgan fingerprint density at radius 1 is 1.35 bits per heavy atom. The smallest absolute Gasteiger partial charge is 0.322 e. The topological polar surface area (TPSA) is 90.0 Å². The molecule has 1 atom stereocenters. The van der Waals surface area contributed by atoms with Crippen molar-refractivity contribution in [1.82, 2.24) is 15.3 Å². The van der Waals surface area contributed by atoms with Gasteiger partial charge in [0.15, 0.2) is 0 Å². The summed E-state index contributed by atoms with van der Waals surface area (Å²) < 4.78 is 0.